The zero-order valence-electron chi connectivity index (χ0n) is 12.7. The maximum atomic E-state index is 11.6. The van der Waals surface area contributed by atoms with Gasteiger partial charge in [-0.3, -0.25) is 4.89 Å². The van der Waals surface area contributed by atoms with Crippen molar-refractivity contribution >= 4 is 6.16 Å². The van der Waals surface area contributed by atoms with Crippen molar-refractivity contribution in [2.75, 3.05) is 0 Å². The largest absolute Gasteiger partial charge is 0.541 e. The fourth-order valence-electron chi connectivity index (χ4n) is 1.66. The first-order valence-electron chi connectivity index (χ1n) is 6.99. The Kier molecular flexibility index (Phi) is 7.29. The van der Waals surface area contributed by atoms with Crippen LogP contribution >= 0.6 is 0 Å². The molecule has 4 heteroatoms. The van der Waals surface area contributed by atoms with Gasteiger partial charge in [-0.15, -0.1) is 0 Å². The van der Waals surface area contributed by atoms with Gasteiger partial charge in [0.05, 0.1) is 0 Å². The first-order valence-corrected chi connectivity index (χ1v) is 6.99. The Balaban J connectivity index is 4.33. The first kappa shape index (κ1) is 17.2. The summed E-state index contributed by atoms with van der Waals surface area (Å²) in [4.78, 5) is 21.7. The molecule has 0 aliphatic rings. The molecule has 0 atom stereocenters. The minimum Gasteiger partial charge on any atom is -0.426 e. The highest BCUT2D eigenvalue weighted by Gasteiger charge is 2.31. The molecule has 0 aliphatic heterocycles. The van der Waals surface area contributed by atoms with E-state index >= 15 is 0 Å². The monoisotopic (exact) mass is 260 g/mol. The molecular formula is C14H28O4. The van der Waals surface area contributed by atoms with Crippen molar-refractivity contribution in [3.8, 4) is 0 Å². The number of hydrogen-bond donors (Lipinski definition) is 0. The first-order chi connectivity index (χ1) is 8.40. The second kappa shape index (κ2) is 7.62. The summed E-state index contributed by atoms with van der Waals surface area (Å²) in [5, 5.41) is 0. The third kappa shape index (κ3) is 4.84. The van der Waals surface area contributed by atoms with Crippen LogP contribution in [0.25, 0.3) is 0 Å². The molecule has 0 aromatic carbocycles. The Morgan fingerprint density at radius 3 is 1.67 bits per heavy atom. The molecule has 0 spiro atoms. The molecule has 0 amide bonds. The van der Waals surface area contributed by atoms with Crippen LogP contribution in [0.15, 0.2) is 0 Å². The number of hydrogen-bond acceptors (Lipinski definition) is 4. The van der Waals surface area contributed by atoms with Gasteiger partial charge in [-0.1, -0.05) is 34.6 Å². The molecule has 0 N–H and O–H groups in total. The third-order valence-electron chi connectivity index (χ3n) is 4.05. The van der Waals surface area contributed by atoms with Crippen molar-refractivity contribution < 1.29 is 19.3 Å². The maximum Gasteiger partial charge on any atom is 0.541 e. The Bertz CT molecular complexity index is 234. The molecule has 0 radical (unpaired) electrons. The summed E-state index contributed by atoms with van der Waals surface area (Å²) >= 11 is 0. The van der Waals surface area contributed by atoms with E-state index in [0.717, 1.165) is 32.1 Å². The molecule has 0 aromatic heterocycles. The van der Waals surface area contributed by atoms with Gasteiger partial charge in [0.2, 0.25) is 0 Å². The van der Waals surface area contributed by atoms with Crippen LogP contribution in [-0.4, -0.2) is 17.4 Å². The van der Waals surface area contributed by atoms with Gasteiger partial charge in [0, 0.05) is 0 Å². The zero-order chi connectivity index (χ0) is 14.2. The summed E-state index contributed by atoms with van der Waals surface area (Å²) in [7, 11) is 0. The summed E-state index contributed by atoms with van der Waals surface area (Å²) in [5.41, 5.74) is -0.873. The molecule has 0 aliphatic carbocycles. The van der Waals surface area contributed by atoms with E-state index in [1.165, 1.54) is 0 Å². The number of rotatable bonds is 8. The van der Waals surface area contributed by atoms with Crippen molar-refractivity contribution in [1.29, 1.82) is 0 Å². The molecule has 0 heterocycles. The van der Waals surface area contributed by atoms with E-state index in [4.69, 9.17) is 14.5 Å². The molecule has 0 saturated heterocycles. The fourth-order valence-corrected chi connectivity index (χ4v) is 1.66. The van der Waals surface area contributed by atoms with Crippen LogP contribution in [0.5, 0.6) is 0 Å². The second-order valence-corrected chi connectivity index (χ2v) is 4.92. The standard InChI is InChI=1S/C14H28O4/c1-7-13(6,8-2)16-12(15)17-18-14(9-3,10-4)11-5/h7-11H2,1-6H3. The van der Waals surface area contributed by atoms with E-state index < -0.39 is 17.4 Å². The van der Waals surface area contributed by atoms with E-state index in [1.807, 2.05) is 41.5 Å². The van der Waals surface area contributed by atoms with Crippen LogP contribution in [0.2, 0.25) is 0 Å². The highest BCUT2D eigenvalue weighted by molar-refractivity contribution is 5.59. The maximum absolute atomic E-state index is 11.6. The molecular weight excluding hydrogens is 232 g/mol. The highest BCUT2D eigenvalue weighted by atomic mass is 17.2. The van der Waals surface area contributed by atoms with E-state index in [9.17, 15) is 4.79 Å². The van der Waals surface area contributed by atoms with Crippen LogP contribution in [0.4, 0.5) is 4.79 Å². The number of carbonyl (C=O) groups excluding carboxylic acids is 1. The number of carbonyl (C=O) groups is 1. The lowest BCUT2D eigenvalue weighted by Gasteiger charge is -2.29. The quantitative estimate of drug-likeness (QED) is 0.363. The van der Waals surface area contributed by atoms with Crippen molar-refractivity contribution in [3.05, 3.63) is 0 Å². The SMILES string of the molecule is CCC(C)(CC)OC(=O)OOC(CC)(CC)CC. The summed E-state index contributed by atoms with van der Waals surface area (Å²) in [5.74, 6) is 0. The van der Waals surface area contributed by atoms with Gasteiger partial charge in [0.15, 0.2) is 0 Å². The normalized spacial score (nSPS) is 12.3. The van der Waals surface area contributed by atoms with E-state index in [1.54, 1.807) is 0 Å². The molecule has 0 fully saturated rings. The Labute approximate surface area is 111 Å². The summed E-state index contributed by atoms with van der Waals surface area (Å²) in [6.07, 6.45) is 3.14. The van der Waals surface area contributed by atoms with Crippen LogP contribution in [0, 0.1) is 0 Å². The van der Waals surface area contributed by atoms with Gasteiger partial charge in [-0.25, -0.2) is 4.79 Å². The minimum absolute atomic E-state index is 0.395. The van der Waals surface area contributed by atoms with Gasteiger partial charge in [-0.2, -0.15) is 4.89 Å². The zero-order valence-corrected chi connectivity index (χ0v) is 12.7. The van der Waals surface area contributed by atoms with E-state index in [2.05, 4.69) is 0 Å². The Morgan fingerprint density at radius 1 is 0.889 bits per heavy atom. The molecule has 18 heavy (non-hydrogen) atoms. The second-order valence-electron chi connectivity index (χ2n) is 4.92. The molecule has 0 aromatic rings. The predicted octanol–water partition coefficient (Wildman–Crippen LogP) is 4.62. The Morgan fingerprint density at radius 2 is 1.33 bits per heavy atom. The Hall–Kier alpha value is -0.770. The summed E-state index contributed by atoms with van der Waals surface area (Å²) in [6.45, 7) is 11.9. The predicted molar refractivity (Wildman–Crippen MR) is 71.2 cm³/mol. The van der Waals surface area contributed by atoms with Crippen LogP contribution in [0.3, 0.4) is 0 Å². The average Bonchev–Trinajstić information content (AvgIpc) is 2.41. The lowest BCUT2D eigenvalue weighted by atomic mass is 9.95. The fraction of sp³-hybridized carbons (Fsp3) is 0.929. The van der Waals surface area contributed by atoms with Crippen molar-refractivity contribution in [2.24, 2.45) is 0 Å². The minimum atomic E-state index is -0.749. The molecule has 0 rings (SSSR count). The molecule has 0 bridgehead atoms. The summed E-state index contributed by atoms with van der Waals surface area (Å²) in [6, 6.07) is 0. The van der Waals surface area contributed by atoms with Crippen molar-refractivity contribution in [1.82, 2.24) is 0 Å². The van der Waals surface area contributed by atoms with Crippen molar-refractivity contribution in [3.63, 3.8) is 0 Å². The lowest BCUT2D eigenvalue weighted by Crippen LogP contribution is -2.35. The van der Waals surface area contributed by atoms with E-state index in [0.29, 0.717) is 0 Å². The van der Waals surface area contributed by atoms with Gasteiger partial charge >= 0.3 is 6.16 Å². The van der Waals surface area contributed by atoms with Crippen LogP contribution < -0.4 is 0 Å². The topological polar surface area (TPSA) is 44.8 Å². The van der Waals surface area contributed by atoms with Gasteiger partial charge in [-0.05, 0) is 39.0 Å². The molecule has 0 saturated carbocycles. The highest BCUT2D eigenvalue weighted by Crippen LogP contribution is 2.26. The van der Waals surface area contributed by atoms with E-state index in [-0.39, 0.29) is 0 Å². The van der Waals surface area contributed by atoms with Gasteiger partial charge in [0.1, 0.15) is 11.2 Å². The molecule has 0 unspecified atom stereocenters. The molecule has 4 nitrogen and oxygen atoms in total. The summed E-state index contributed by atoms with van der Waals surface area (Å²) < 4.78 is 5.28. The third-order valence-corrected chi connectivity index (χ3v) is 4.05. The van der Waals surface area contributed by atoms with Gasteiger partial charge in [0.25, 0.3) is 0 Å². The molecule has 108 valence electrons. The lowest BCUT2D eigenvalue weighted by molar-refractivity contribution is -0.333. The van der Waals surface area contributed by atoms with Gasteiger partial charge < -0.3 is 4.74 Å². The average molecular weight is 260 g/mol. The smallest absolute Gasteiger partial charge is 0.426 e. The van der Waals surface area contributed by atoms with Crippen LogP contribution in [0.1, 0.15) is 73.6 Å². The number of ether oxygens (including phenoxy) is 1. The van der Waals surface area contributed by atoms with Crippen molar-refractivity contribution in [2.45, 2.75) is 84.8 Å². The van der Waals surface area contributed by atoms with Crippen LogP contribution in [-0.2, 0) is 14.5 Å².